The highest BCUT2D eigenvalue weighted by Crippen LogP contribution is 2.28. The number of halogens is 1. The molecule has 1 aliphatic rings. The molecule has 2 rings (SSSR count). The average molecular weight is 299 g/mol. The second-order valence-corrected chi connectivity index (χ2v) is 5.03. The van der Waals surface area contributed by atoms with Crippen molar-refractivity contribution < 1.29 is 9.53 Å². The molecule has 1 aliphatic heterocycles. The Morgan fingerprint density at radius 3 is 3.00 bits per heavy atom. The number of ether oxygens (including phenoxy) is 1. The Hall–Kier alpha value is -1.07. The molecule has 1 amide bonds. The zero-order chi connectivity index (χ0) is 12.4. The van der Waals surface area contributed by atoms with Crippen molar-refractivity contribution in [1.82, 2.24) is 0 Å². The molecule has 1 aromatic rings. The van der Waals surface area contributed by atoms with Gasteiger partial charge in [0.15, 0.2) is 0 Å². The van der Waals surface area contributed by atoms with Crippen molar-refractivity contribution in [3.05, 3.63) is 22.2 Å². The highest BCUT2D eigenvalue weighted by molar-refractivity contribution is 9.10. The van der Waals surface area contributed by atoms with E-state index in [0.717, 1.165) is 22.9 Å². The highest BCUT2D eigenvalue weighted by Gasteiger charge is 2.24. The van der Waals surface area contributed by atoms with Crippen LogP contribution in [-0.4, -0.2) is 18.6 Å². The summed E-state index contributed by atoms with van der Waals surface area (Å²) in [6, 6.07) is 3.65. The first-order valence-electron chi connectivity index (χ1n) is 5.56. The van der Waals surface area contributed by atoms with Crippen LogP contribution in [0.25, 0.3) is 0 Å². The van der Waals surface area contributed by atoms with Crippen LogP contribution in [0, 0.1) is 6.92 Å². The lowest BCUT2D eigenvalue weighted by Crippen LogP contribution is -2.27. The lowest BCUT2D eigenvalue weighted by molar-refractivity contribution is -0.124. The molecule has 0 spiro atoms. The van der Waals surface area contributed by atoms with Gasteiger partial charge in [-0.25, -0.2) is 0 Å². The minimum atomic E-state index is -0.329. The molecule has 0 aliphatic carbocycles. The topological polar surface area (TPSA) is 64.3 Å². The van der Waals surface area contributed by atoms with Crippen molar-refractivity contribution in [1.29, 1.82) is 0 Å². The molecule has 0 aromatic heterocycles. The molecule has 5 heteroatoms. The van der Waals surface area contributed by atoms with Gasteiger partial charge in [-0.3, -0.25) is 4.79 Å². The van der Waals surface area contributed by atoms with Gasteiger partial charge in [0, 0.05) is 16.8 Å². The van der Waals surface area contributed by atoms with E-state index in [1.165, 1.54) is 0 Å². The third kappa shape index (κ3) is 2.79. The van der Waals surface area contributed by atoms with E-state index in [4.69, 9.17) is 10.5 Å². The minimum absolute atomic E-state index is 0.105. The van der Waals surface area contributed by atoms with Crippen molar-refractivity contribution in [2.24, 2.45) is 0 Å². The molecule has 1 fully saturated rings. The van der Waals surface area contributed by atoms with Crippen LogP contribution in [-0.2, 0) is 9.53 Å². The number of nitrogen functional groups attached to an aromatic ring is 1. The SMILES string of the molecule is Cc1cc(Br)c(NC(=O)C2CCCO2)cc1N. The molecule has 1 heterocycles. The molecule has 0 bridgehead atoms. The number of rotatable bonds is 2. The van der Waals surface area contributed by atoms with Crippen LogP contribution in [0.15, 0.2) is 16.6 Å². The fourth-order valence-corrected chi connectivity index (χ4v) is 2.34. The van der Waals surface area contributed by atoms with E-state index in [-0.39, 0.29) is 12.0 Å². The predicted molar refractivity (Wildman–Crippen MR) is 70.9 cm³/mol. The Balaban J connectivity index is 2.12. The molecule has 1 atom stereocenters. The van der Waals surface area contributed by atoms with Gasteiger partial charge < -0.3 is 15.8 Å². The number of hydrogen-bond donors (Lipinski definition) is 2. The fourth-order valence-electron chi connectivity index (χ4n) is 1.78. The smallest absolute Gasteiger partial charge is 0.253 e. The summed E-state index contributed by atoms with van der Waals surface area (Å²) in [4.78, 5) is 11.9. The third-order valence-electron chi connectivity index (χ3n) is 2.84. The summed E-state index contributed by atoms with van der Waals surface area (Å²) in [5, 5.41) is 2.83. The van der Waals surface area contributed by atoms with E-state index < -0.39 is 0 Å². The summed E-state index contributed by atoms with van der Waals surface area (Å²) in [6.07, 6.45) is 1.39. The maximum atomic E-state index is 11.9. The second kappa shape index (κ2) is 5.06. The van der Waals surface area contributed by atoms with E-state index in [9.17, 15) is 4.79 Å². The van der Waals surface area contributed by atoms with E-state index in [1.807, 2.05) is 13.0 Å². The lowest BCUT2D eigenvalue weighted by atomic mass is 10.1. The Morgan fingerprint density at radius 1 is 1.59 bits per heavy atom. The summed E-state index contributed by atoms with van der Waals surface area (Å²) in [5.74, 6) is -0.105. The van der Waals surface area contributed by atoms with Crippen molar-refractivity contribution in [2.45, 2.75) is 25.9 Å². The van der Waals surface area contributed by atoms with Crippen molar-refractivity contribution in [3.8, 4) is 0 Å². The van der Waals surface area contributed by atoms with Gasteiger partial charge in [-0.05, 0) is 53.4 Å². The molecule has 0 radical (unpaired) electrons. The van der Waals surface area contributed by atoms with Crippen molar-refractivity contribution in [2.75, 3.05) is 17.7 Å². The van der Waals surface area contributed by atoms with Gasteiger partial charge in [0.1, 0.15) is 6.10 Å². The van der Waals surface area contributed by atoms with Crippen molar-refractivity contribution in [3.63, 3.8) is 0 Å². The Labute approximate surface area is 109 Å². The van der Waals surface area contributed by atoms with Crippen LogP contribution < -0.4 is 11.1 Å². The molecule has 1 saturated heterocycles. The van der Waals surface area contributed by atoms with Crippen LogP contribution in [0.5, 0.6) is 0 Å². The largest absolute Gasteiger partial charge is 0.398 e. The second-order valence-electron chi connectivity index (χ2n) is 4.18. The quantitative estimate of drug-likeness (QED) is 0.825. The number of hydrogen-bond acceptors (Lipinski definition) is 3. The number of nitrogens with one attached hydrogen (secondary N) is 1. The zero-order valence-electron chi connectivity index (χ0n) is 9.63. The van der Waals surface area contributed by atoms with Crippen LogP contribution in [0.4, 0.5) is 11.4 Å². The highest BCUT2D eigenvalue weighted by atomic mass is 79.9. The third-order valence-corrected chi connectivity index (χ3v) is 3.49. The first kappa shape index (κ1) is 12.4. The maximum Gasteiger partial charge on any atom is 0.253 e. The molecule has 3 N–H and O–H groups in total. The number of amides is 1. The number of carbonyl (C=O) groups excluding carboxylic acids is 1. The van der Waals surface area contributed by atoms with Crippen LogP contribution in [0.3, 0.4) is 0 Å². The van der Waals surface area contributed by atoms with Crippen LogP contribution in [0.1, 0.15) is 18.4 Å². The maximum absolute atomic E-state index is 11.9. The van der Waals surface area contributed by atoms with Gasteiger partial charge in [-0.15, -0.1) is 0 Å². The number of nitrogens with two attached hydrogens (primary N) is 1. The van der Waals surface area contributed by atoms with Crippen LogP contribution >= 0.6 is 15.9 Å². The summed E-state index contributed by atoms with van der Waals surface area (Å²) >= 11 is 3.41. The molecule has 0 saturated carbocycles. The molecular weight excluding hydrogens is 284 g/mol. The first-order valence-corrected chi connectivity index (χ1v) is 6.35. The Bertz CT molecular complexity index is 442. The Morgan fingerprint density at radius 2 is 2.35 bits per heavy atom. The van der Waals surface area contributed by atoms with E-state index in [1.54, 1.807) is 6.07 Å². The predicted octanol–water partition coefficient (Wildman–Crippen LogP) is 2.46. The number of carbonyl (C=O) groups is 1. The van der Waals surface area contributed by atoms with Gasteiger partial charge in [0.2, 0.25) is 0 Å². The van der Waals surface area contributed by atoms with Crippen molar-refractivity contribution >= 4 is 33.2 Å². The molecule has 4 nitrogen and oxygen atoms in total. The van der Waals surface area contributed by atoms with Gasteiger partial charge >= 0.3 is 0 Å². The molecule has 92 valence electrons. The standard InChI is InChI=1S/C12H15BrN2O2/c1-7-5-8(13)10(6-9(7)14)15-12(16)11-3-2-4-17-11/h5-6,11H,2-4,14H2,1H3,(H,15,16). The molecular formula is C12H15BrN2O2. The summed E-state index contributed by atoms with van der Waals surface area (Å²) in [6.45, 7) is 2.58. The lowest BCUT2D eigenvalue weighted by Gasteiger charge is -2.13. The monoisotopic (exact) mass is 298 g/mol. The normalized spacial score (nSPS) is 19.3. The van der Waals surface area contributed by atoms with Crippen LogP contribution in [0.2, 0.25) is 0 Å². The van der Waals surface area contributed by atoms with Gasteiger partial charge in [0.05, 0.1) is 5.69 Å². The van der Waals surface area contributed by atoms with E-state index in [2.05, 4.69) is 21.2 Å². The minimum Gasteiger partial charge on any atom is -0.398 e. The fraction of sp³-hybridized carbons (Fsp3) is 0.417. The number of aryl methyl sites for hydroxylation is 1. The first-order chi connectivity index (χ1) is 8.08. The summed E-state index contributed by atoms with van der Waals surface area (Å²) in [5.41, 5.74) is 8.15. The van der Waals surface area contributed by atoms with Gasteiger partial charge in [0.25, 0.3) is 5.91 Å². The van der Waals surface area contributed by atoms with E-state index in [0.29, 0.717) is 18.0 Å². The molecule has 1 aromatic carbocycles. The molecule has 17 heavy (non-hydrogen) atoms. The number of anilines is 2. The van der Waals surface area contributed by atoms with E-state index >= 15 is 0 Å². The summed E-state index contributed by atoms with van der Waals surface area (Å²) < 4.78 is 6.15. The van der Waals surface area contributed by atoms with Gasteiger partial charge in [-0.2, -0.15) is 0 Å². The Kier molecular flexibility index (Phi) is 3.69. The molecule has 1 unspecified atom stereocenters. The summed E-state index contributed by atoms with van der Waals surface area (Å²) in [7, 11) is 0. The zero-order valence-corrected chi connectivity index (χ0v) is 11.2. The van der Waals surface area contributed by atoms with Gasteiger partial charge in [-0.1, -0.05) is 0 Å². The number of benzene rings is 1. The average Bonchev–Trinajstić information content (AvgIpc) is 2.79.